The van der Waals surface area contributed by atoms with E-state index in [0.29, 0.717) is 0 Å². The highest BCUT2D eigenvalue weighted by Gasteiger charge is 2.22. The molecular weight excluding hydrogens is 454 g/mol. The fourth-order valence-electron chi connectivity index (χ4n) is 3.96. The van der Waals surface area contributed by atoms with Gasteiger partial charge in [0.05, 0.1) is 32.2 Å². The number of aromatic hydroxyl groups is 1. The summed E-state index contributed by atoms with van der Waals surface area (Å²) in [5.41, 5.74) is 4.58. The van der Waals surface area contributed by atoms with E-state index in [1.165, 1.54) is 13.2 Å². The van der Waals surface area contributed by atoms with Crippen LogP contribution in [0, 0.1) is 0 Å². The molecule has 0 radical (unpaired) electrons. The molecule has 0 heterocycles. The van der Waals surface area contributed by atoms with Crippen LogP contribution in [-0.4, -0.2) is 31.2 Å². The molecule has 0 aliphatic carbocycles. The van der Waals surface area contributed by atoms with Crippen LogP contribution in [0.4, 0.5) is 0 Å². The number of carbonyl (C=O) groups excluding carboxylic acids is 2. The highest BCUT2D eigenvalue weighted by molar-refractivity contribution is 5.98. The third-order valence-corrected chi connectivity index (χ3v) is 5.99. The van der Waals surface area contributed by atoms with Gasteiger partial charge in [0.1, 0.15) is 11.5 Å². The van der Waals surface area contributed by atoms with Crippen molar-refractivity contribution < 1.29 is 24.2 Å². The summed E-state index contributed by atoms with van der Waals surface area (Å²) in [7, 11) is 2.90. The molecule has 6 nitrogen and oxygen atoms in total. The van der Waals surface area contributed by atoms with Crippen molar-refractivity contribution in [3.63, 3.8) is 0 Å². The Bertz CT molecular complexity index is 1330. The molecule has 182 valence electrons. The third kappa shape index (κ3) is 5.73. The van der Waals surface area contributed by atoms with Gasteiger partial charge in [-0.3, -0.25) is 9.59 Å². The molecule has 0 aliphatic rings. The number of phenolic OH excluding ortho intramolecular Hbond substituents is 1. The molecule has 0 bridgehead atoms. The van der Waals surface area contributed by atoms with Crippen LogP contribution in [0.3, 0.4) is 0 Å². The van der Waals surface area contributed by atoms with Gasteiger partial charge in [0.25, 0.3) is 5.91 Å². The van der Waals surface area contributed by atoms with Crippen LogP contribution in [0.15, 0.2) is 97.1 Å². The highest BCUT2D eigenvalue weighted by atomic mass is 16.5. The fourth-order valence-corrected chi connectivity index (χ4v) is 3.96. The number of rotatable bonds is 8. The molecular formula is C30H27NO5. The maximum Gasteiger partial charge on any atom is 0.307 e. The second-order valence-corrected chi connectivity index (χ2v) is 8.25. The van der Waals surface area contributed by atoms with E-state index in [-0.39, 0.29) is 17.7 Å². The number of esters is 1. The Morgan fingerprint density at radius 1 is 0.778 bits per heavy atom. The first-order valence-corrected chi connectivity index (χ1v) is 11.5. The van der Waals surface area contributed by atoms with E-state index >= 15 is 0 Å². The molecule has 2 N–H and O–H groups in total. The van der Waals surface area contributed by atoms with Crippen LogP contribution in [-0.2, 0) is 9.53 Å². The SMILES string of the molecule is COC(=O)CC(NC(=O)c1cc(-c2ccc(OC)cc2)ccc1O)c1ccc(-c2ccccc2)cc1. The summed E-state index contributed by atoms with van der Waals surface area (Å²) in [5, 5.41) is 13.3. The zero-order valence-corrected chi connectivity index (χ0v) is 20.1. The minimum Gasteiger partial charge on any atom is -0.507 e. The standard InChI is InChI=1S/C30H27NO5/c1-35-25-15-12-22(13-16-25)24-14-17-28(32)26(18-24)30(34)31-27(19-29(33)36-2)23-10-8-21(9-11-23)20-6-4-3-5-7-20/h3-18,27,32H,19H2,1-2H3,(H,31,34). The minimum atomic E-state index is -0.640. The Hall–Kier alpha value is -4.58. The number of hydrogen-bond acceptors (Lipinski definition) is 5. The summed E-state index contributed by atoms with van der Waals surface area (Å²) in [4.78, 5) is 25.4. The van der Waals surface area contributed by atoms with E-state index in [2.05, 4.69) is 5.32 Å². The van der Waals surface area contributed by atoms with Crippen molar-refractivity contribution in [2.45, 2.75) is 12.5 Å². The second kappa shape index (κ2) is 11.2. The Labute approximate surface area is 210 Å². The van der Waals surface area contributed by atoms with Gasteiger partial charge in [0.15, 0.2) is 0 Å². The normalized spacial score (nSPS) is 11.4. The van der Waals surface area contributed by atoms with Gasteiger partial charge >= 0.3 is 5.97 Å². The molecule has 1 unspecified atom stereocenters. The molecule has 0 aromatic heterocycles. The molecule has 0 spiro atoms. The topological polar surface area (TPSA) is 84.9 Å². The highest BCUT2D eigenvalue weighted by Crippen LogP contribution is 2.29. The lowest BCUT2D eigenvalue weighted by molar-refractivity contribution is -0.141. The van der Waals surface area contributed by atoms with Crippen molar-refractivity contribution in [3.8, 4) is 33.8 Å². The van der Waals surface area contributed by atoms with Gasteiger partial charge in [-0.25, -0.2) is 0 Å². The number of carbonyl (C=O) groups is 2. The molecule has 0 aliphatic heterocycles. The molecule has 6 heteroatoms. The predicted octanol–water partition coefficient (Wildman–Crippen LogP) is 5.77. The van der Waals surface area contributed by atoms with E-state index in [0.717, 1.165) is 33.6 Å². The van der Waals surface area contributed by atoms with E-state index in [9.17, 15) is 14.7 Å². The van der Waals surface area contributed by atoms with E-state index in [1.54, 1.807) is 19.2 Å². The quantitative estimate of drug-likeness (QED) is 0.312. The van der Waals surface area contributed by atoms with Crippen LogP contribution in [0.1, 0.15) is 28.4 Å². The number of hydrogen-bond donors (Lipinski definition) is 2. The van der Waals surface area contributed by atoms with Gasteiger partial charge in [-0.05, 0) is 52.1 Å². The molecule has 0 fully saturated rings. The molecule has 4 rings (SSSR count). The second-order valence-electron chi connectivity index (χ2n) is 8.25. The third-order valence-electron chi connectivity index (χ3n) is 5.99. The molecule has 0 saturated carbocycles. The fraction of sp³-hybridized carbons (Fsp3) is 0.133. The molecule has 4 aromatic carbocycles. The van der Waals surface area contributed by atoms with Crippen LogP contribution >= 0.6 is 0 Å². The average Bonchev–Trinajstić information content (AvgIpc) is 2.93. The molecule has 0 saturated heterocycles. The summed E-state index contributed by atoms with van der Waals surface area (Å²) >= 11 is 0. The van der Waals surface area contributed by atoms with Crippen molar-refractivity contribution in [2.24, 2.45) is 0 Å². The lowest BCUT2D eigenvalue weighted by Crippen LogP contribution is -2.30. The number of amides is 1. The lowest BCUT2D eigenvalue weighted by atomic mass is 9.98. The molecule has 36 heavy (non-hydrogen) atoms. The zero-order chi connectivity index (χ0) is 25.5. The number of methoxy groups -OCH3 is 2. The molecule has 1 atom stereocenters. The maximum absolute atomic E-state index is 13.2. The number of benzene rings is 4. The van der Waals surface area contributed by atoms with Crippen molar-refractivity contribution in [1.29, 1.82) is 0 Å². The number of nitrogens with one attached hydrogen (secondary N) is 1. The van der Waals surface area contributed by atoms with Crippen LogP contribution in [0.25, 0.3) is 22.3 Å². The van der Waals surface area contributed by atoms with Gasteiger partial charge < -0.3 is 19.9 Å². The average molecular weight is 482 g/mol. The Balaban J connectivity index is 1.59. The Morgan fingerprint density at radius 3 is 2.00 bits per heavy atom. The molecule has 4 aromatic rings. The van der Waals surface area contributed by atoms with E-state index in [4.69, 9.17) is 9.47 Å². The first kappa shape index (κ1) is 24.5. The van der Waals surface area contributed by atoms with Gasteiger partial charge in [-0.2, -0.15) is 0 Å². The van der Waals surface area contributed by atoms with E-state index < -0.39 is 17.9 Å². The van der Waals surface area contributed by atoms with Gasteiger partial charge in [-0.1, -0.05) is 72.8 Å². The van der Waals surface area contributed by atoms with Crippen molar-refractivity contribution >= 4 is 11.9 Å². The predicted molar refractivity (Wildman–Crippen MR) is 139 cm³/mol. The Morgan fingerprint density at radius 2 is 1.36 bits per heavy atom. The first-order chi connectivity index (χ1) is 17.5. The van der Waals surface area contributed by atoms with Crippen molar-refractivity contribution in [2.75, 3.05) is 14.2 Å². The van der Waals surface area contributed by atoms with Crippen LogP contribution < -0.4 is 10.1 Å². The van der Waals surface area contributed by atoms with Gasteiger partial charge in [0.2, 0.25) is 0 Å². The summed E-state index contributed by atoms with van der Waals surface area (Å²) in [6.45, 7) is 0. The summed E-state index contributed by atoms with van der Waals surface area (Å²) in [6.07, 6.45) is -0.0497. The lowest BCUT2D eigenvalue weighted by Gasteiger charge is -2.19. The maximum atomic E-state index is 13.2. The van der Waals surface area contributed by atoms with Crippen LogP contribution in [0.5, 0.6) is 11.5 Å². The monoisotopic (exact) mass is 481 g/mol. The number of phenols is 1. The van der Waals surface area contributed by atoms with Gasteiger partial charge in [-0.15, -0.1) is 0 Å². The summed E-state index contributed by atoms with van der Waals surface area (Å²) < 4.78 is 10.1. The minimum absolute atomic E-state index is 0.0497. The first-order valence-electron chi connectivity index (χ1n) is 11.5. The Kier molecular flexibility index (Phi) is 7.66. The number of ether oxygens (including phenoxy) is 2. The zero-order valence-electron chi connectivity index (χ0n) is 20.1. The summed E-state index contributed by atoms with van der Waals surface area (Å²) in [5.74, 6) is -0.382. The van der Waals surface area contributed by atoms with Crippen molar-refractivity contribution in [3.05, 3.63) is 108 Å². The van der Waals surface area contributed by atoms with E-state index in [1.807, 2.05) is 78.9 Å². The van der Waals surface area contributed by atoms with Crippen molar-refractivity contribution in [1.82, 2.24) is 5.32 Å². The summed E-state index contributed by atoms with van der Waals surface area (Å²) in [6, 6.07) is 29.2. The van der Waals surface area contributed by atoms with Gasteiger partial charge in [0, 0.05) is 0 Å². The van der Waals surface area contributed by atoms with Crippen LogP contribution in [0.2, 0.25) is 0 Å². The largest absolute Gasteiger partial charge is 0.507 e. The smallest absolute Gasteiger partial charge is 0.307 e. The molecule has 1 amide bonds.